The summed E-state index contributed by atoms with van der Waals surface area (Å²) in [5.74, 6) is -0.0292. The smallest absolute Gasteiger partial charge is 0.229 e. The number of ether oxygens (including phenoxy) is 2. The summed E-state index contributed by atoms with van der Waals surface area (Å²) in [7, 11) is 1.51. The minimum absolute atomic E-state index is 0.0300. The fourth-order valence-corrected chi connectivity index (χ4v) is 4.13. The lowest BCUT2D eigenvalue weighted by molar-refractivity contribution is -0.122. The molecule has 0 aliphatic carbocycles. The van der Waals surface area contributed by atoms with Gasteiger partial charge in [0.05, 0.1) is 30.7 Å². The van der Waals surface area contributed by atoms with Crippen molar-refractivity contribution in [2.45, 2.75) is 32.3 Å². The highest BCUT2D eigenvalue weighted by molar-refractivity contribution is 6.31. The zero-order valence-corrected chi connectivity index (χ0v) is 18.3. The van der Waals surface area contributed by atoms with Gasteiger partial charge in [-0.1, -0.05) is 11.6 Å². The monoisotopic (exact) mass is 442 g/mol. The molecule has 31 heavy (non-hydrogen) atoms. The number of halogens is 1. The molecule has 0 spiro atoms. The zero-order valence-electron chi connectivity index (χ0n) is 17.5. The van der Waals surface area contributed by atoms with Crippen LogP contribution in [0.3, 0.4) is 0 Å². The fourth-order valence-electron chi connectivity index (χ4n) is 3.96. The van der Waals surface area contributed by atoms with Crippen LogP contribution < -0.4 is 19.7 Å². The molecule has 0 aromatic heterocycles. The molecule has 162 valence electrons. The van der Waals surface area contributed by atoms with Crippen LogP contribution in [-0.2, 0) is 9.59 Å². The van der Waals surface area contributed by atoms with Crippen LogP contribution in [0.2, 0.25) is 5.02 Å². The van der Waals surface area contributed by atoms with Crippen LogP contribution in [0.4, 0.5) is 11.4 Å². The molecule has 1 N–H and O–H groups in total. The van der Waals surface area contributed by atoms with E-state index in [0.717, 1.165) is 0 Å². The number of methoxy groups -OCH3 is 1. The van der Waals surface area contributed by atoms with Gasteiger partial charge in [0.1, 0.15) is 17.1 Å². The summed E-state index contributed by atoms with van der Waals surface area (Å²) < 4.78 is 11.2. The van der Waals surface area contributed by atoms with Gasteiger partial charge in [-0.15, -0.1) is 0 Å². The summed E-state index contributed by atoms with van der Waals surface area (Å²) in [5, 5.41) is 3.30. The van der Waals surface area contributed by atoms with E-state index in [9.17, 15) is 14.4 Å². The standard InChI is InChI=1S/C23H23ClN2O5/c1-23(2)11-18(27)16-10-15(5-7-19(16)31-23)25-22(29)13-8-21(28)26(12-13)17-9-14(24)4-6-20(17)30-3/h4-7,9-10,13H,8,11-12H2,1-3H3,(H,25,29). The SMILES string of the molecule is COc1ccc(Cl)cc1N1CC(C(=O)Nc2ccc3c(c2)C(=O)CC(C)(C)O3)CC1=O. The van der Waals surface area contributed by atoms with Crippen LogP contribution in [-0.4, -0.2) is 36.9 Å². The summed E-state index contributed by atoms with van der Waals surface area (Å²) in [6.07, 6.45) is 0.341. The third-order valence-electron chi connectivity index (χ3n) is 5.45. The van der Waals surface area contributed by atoms with Gasteiger partial charge in [-0.25, -0.2) is 0 Å². The van der Waals surface area contributed by atoms with E-state index in [2.05, 4.69) is 5.32 Å². The minimum atomic E-state index is -0.552. The second kappa shape index (κ2) is 7.89. The number of fused-ring (bicyclic) bond motifs is 1. The number of ketones is 1. The highest BCUT2D eigenvalue weighted by Gasteiger charge is 2.37. The van der Waals surface area contributed by atoms with Gasteiger partial charge in [0, 0.05) is 23.7 Å². The number of nitrogens with zero attached hydrogens (tertiary/aromatic N) is 1. The maximum Gasteiger partial charge on any atom is 0.229 e. The highest BCUT2D eigenvalue weighted by Crippen LogP contribution is 2.37. The molecule has 1 fully saturated rings. The Bertz CT molecular complexity index is 1080. The molecule has 0 saturated carbocycles. The Labute approximate surface area is 185 Å². The number of hydrogen-bond acceptors (Lipinski definition) is 5. The van der Waals surface area contributed by atoms with Crippen LogP contribution in [0.25, 0.3) is 0 Å². The molecule has 1 atom stereocenters. The molecule has 8 heteroatoms. The number of benzene rings is 2. The summed E-state index contributed by atoms with van der Waals surface area (Å²) in [6.45, 7) is 3.94. The van der Waals surface area contributed by atoms with Crippen molar-refractivity contribution in [1.29, 1.82) is 0 Å². The number of amides is 2. The van der Waals surface area contributed by atoms with Gasteiger partial charge in [0.25, 0.3) is 0 Å². The first-order chi connectivity index (χ1) is 14.7. The van der Waals surface area contributed by atoms with E-state index in [-0.39, 0.29) is 37.0 Å². The molecule has 7 nitrogen and oxygen atoms in total. The lowest BCUT2D eigenvalue weighted by Crippen LogP contribution is -2.36. The van der Waals surface area contributed by atoms with Crippen molar-refractivity contribution >= 4 is 40.6 Å². The Morgan fingerprint density at radius 2 is 2.00 bits per heavy atom. The van der Waals surface area contributed by atoms with Crippen molar-refractivity contribution in [2.24, 2.45) is 5.92 Å². The molecule has 2 aromatic carbocycles. The van der Waals surface area contributed by atoms with E-state index in [1.54, 1.807) is 36.4 Å². The van der Waals surface area contributed by atoms with Crippen molar-refractivity contribution in [3.63, 3.8) is 0 Å². The minimum Gasteiger partial charge on any atom is -0.495 e. The molecule has 2 aliphatic heterocycles. The van der Waals surface area contributed by atoms with E-state index in [4.69, 9.17) is 21.1 Å². The Hall–Kier alpha value is -3.06. The van der Waals surface area contributed by atoms with Crippen LogP contribution in [0.5, 0.6) is 11.5 Å². The Morgan fingerprint density at radius 3 is 2.74 bits per heavy atom. The van der Waals surface area contributed by atoms with Crippen molar-refractivity contribution in [3.05, 3.63) is 47.0 Å². The van der Waals surface area contributed by atoms with Gasteiger partial charge in [-0.2, -0.15) is 0 Å². The van der Waals surface area contributed by atoms with Gasteiger partial charge in [0.2, 0.25) is 11.8 Å². The van der Waals surface area contributed by atoms with Gasteiger partial charge in [-0.05, 0) is 50.2 Å². The first-order valence-electron chi connectivity index (χ1n) is 9.98. The largest absolute Gasteiger partial charge is 0.495 e. The third kappa shape index (κ3) is 4.23. The number of carbonyl (C=O) groups excluding carboxylic acids is 3. The number of anilines is 2. The Morgan fingerprint density at radius 1 is 1.23 bits per heavy atom. The summed E-state index contributed by atoms with van der Waals surface area (Å²) >= 11 is 6.08. The van der Waals surface area contributed by atoms with Crippen molar-refractivity contribution in [1.82, 2.24) is 0 Å². The molecule has 1 saturated heterocycles. The number of nitrogens with one attached hydrogen (secondary N) is 1. The van der Waals surface area contributed by atoms with Crippen LogP contribution >= 0.6 is 11.6 Å². The Kier molecular flexibility index (Phi) is 5.39. The predicted molar refractivity (Wildman–Crippen MR) is 117 cm³/mol. The van der Waals surface area contributed by atoms with Gasteiger partial charge >= 0.3 is 0 Å². The van der Waals surface area contributed by atoms with Crippen LogP contribution in [0.15, 0.2) is 36.4 Å². The van der Waals surface area contributed by atoms with Crippen molar-refractivity contribution in [2.75, 3.05) is 23.9 Å². The third-order valence-corrected chi connectivity index (χ3v) is 5.68. The second-order valence-electron chi connectivity index (χ2n) is 8.38. The molecule has 2 aliphatic rings. The molecular weight excluding hydrogens is 420 g/mol. The molecule has 1 unspecified atom stereocenters. The van der Waals surface area contributed by atoms with E-state index in [1.807, 2.05) is 13.8 Å². The lowest BCUT2D eigenvalue weighted by atomic mass is 9.93. The summed E-state index contributed by atoms with van der Waals surface area (Å²) in [6, 6.07) is 10.0. The second-order valence-corrected chi connectivity index (χ2v) is 8.82. The summed E-state index contributed by atoms with van der Waals surface area (Å²) in [4.78, 5) is 39.4. The van der Waals surface area contributed by atoms with E-state index in [0.29, 0.717) is 33.5 Å². The molecule has 0 bridgehead atoms. The van der Waals surface area contributed by atoms with Crippen molar-refractivity contribution < 1.29 is 23.9 Å². The summed E-state index contributed by atoms with van der Waals surface area (Å²) in [5.41, 5.74) is 0.926. The number of hydrogen-bond donors (Lipinski definition) is 1. The number of rotatable bonds is 4. The zero-order chi connectivity index (χ0) is 22.3. The highest BCUT2D eigenvalue weighted by atomic mass is 35.5. The normalized spacial score (nSPS) is 19.6. The van der Waals surface area contributed by atoms with Gasteiger partial charge in [-0.3, -0.25) is 14.4 Å². The fraction of sp³-hybridized carbons (Fsp3) is 0.348. The molecular formula is C23H23ClN2O5. The average Bonchev–Trinajstić information content (AvgIpc) is 3.09. The van der Waals surface area contributed by atoms with Crippen molar-refractivity contribution in [3.8, 4) is 11.5 Å². The van der Waals surface area contributed by atoms with Crippen LogP contribution in [0.1, 0.15) is 37.0 Å². The maximum absolute atomic E-state index is 12.8. The van der Waals surface area contributed by atoms with Gasteiger partial charge in [0.15, 0.2) is 5.78 Å². The molecule has 2 heterocycles. The maximum atomic E-state index is 12.8. The number of carbonyl (C=O) groups is 3. The predicted octanol–water partition coefficient (Wildman–Crippen LogP) is 4.08. The number of Topliss-reactive ketones (excluding diaryl/α,β-unsaturated/α-hetero) is 1. The molecule has 4 rings (SSSR count). The first kappa shape index (κ1) is 21.2. The van der Waals surface area contributed by atoms with Gasteiger partial charge < -0.3 is 19.7 Å². The Balaban J connectivity index is 1.49. The quantitative estimate of drug-likeness (QED) is 0.771. The molecule has 0 radical (unpaired) electrons. The van der Waals surface area contributed by atoms with Crippen LogP contribution in [0, 0.1) is 5.92 Å². The first-order valence-corrected chi connectivity index (χ1v) is 10.4. The lowest BCUT2D eigenvalue weighted by Gasteiger charge is -2.31. The molecule has 2 aromatic rings. The topological polar surface area (TPSA) is 84.9 Å². The van der Waals surface area contributed by atoms with E-state index < -0.39 is 11.5 Å². The van der Waals surface area contributed by atoms with E-state index >= 15 is 0 Å². The van der Waals surface area contributed by atoms with E-state index in [1.165, 1.54) is 12.0 Å². The average molecular weight is 443 g/mol. The molecule has 2 amide bonds.